The summed E-state index contributed by atoms with van der Waals surface area (Å²) < 4.78 is 43.8. The van der Waals surface area contributed by atoms with Crippen molar-refractivity contribution in [3.63, 3.8) is 0 Å². The van der Waals surface area contributed by atoms with Gasteiger partial charge in [-0.05, 0) is 24.5 Å². The second-order valence-corrected chi connectivity index (χ2v) is 4.94. The maximum Gasteiger partial charge on any atom is 0.431 e. The Balaban J connectivity index is 2.42. The minimum atomic E-state index is -4.60. The lowest BCUT2D eigenvalue weighted by Gasteiger charge is -2.22. The molecule has 1 aliphatic rings. The molecule has 1 aromatic carbocycles. The zero-order chi connectivity index (χ0) is 15.2. The lowest BCUT2D eigenvalue weighted by atomic mass is 9.99. The second kappa shape index (κ2) is 4.68. The van der Waals surface area contributed by atoms with Crippen molar-refractivity contribution < 1.29 is 17.9 Å². The minimum absolute atomic E-state index is 0.138. The van der Waals surface area contributed by atoms with E-state index >= 15 is 0 Å². The third kappa shape index (κ3) is 2.22. The summed E-state index contributed by atoms with van der Waals surface area (Å²) in [6, 6.07) is 2.28. The first-order valence-electron chi connectivity index (χ1n) is 6.50. The molecular formula is C14H13F3N2O2. The molecule has 0 atom stereocenters. The summed E-state index contributed by atoms with van der Waals surface area (Å²) in [6.45, 7) is 0.659. The van der Waals surface area contributed by atoms with E-state index in [1.54, 1.807) is 6.07 Å². The molecule has 3 rings (SSSR count). The van der Waals surface area contributed by atoms with Crippen molar-refractivity contribution in [1.82, 2.24) is 4.98 Å². The molecule has 0 bridgehead atoms. The normalized spacial score (nSPS) is 14.7. The molecule has 2 N–H and O–H groups in total. The van der Waals surface area contributed by atoms with Crippen LogP contribution in [0.25, 0.3) is 10.9 Å². The van der Waals surface area contributed by atoms with Crippen LogP contribution in [-0.2, 0) is 12.6 Å². The molecule has 7 heteroatoms. The molecule has 1 aromatic heterocycles. The first-order chi connectivity index (χ1) is 9.91. The van der Waals surface area contributed by atoms with Crippen LogP contribution in [0.3, 0.4) is 0 Å². The summed E-state index contributed by atoms with van der Waals surface area (Å²) in [6.07, 6.45) is -2.99. The number of halogens is 3. The van der Waals surface area contributed by atoms with Crippen LogP contribution >= 0.6 is 0 Å². The van der Waals surface area contributed by atoms with Crippen molar-refractivity contribution in [2.45, 2.75) is 19.0 Å². The summed E-state index contributed by atoms with van der Waals surface area (Å²) in [5.41, 5.74) is -0.198. The number of benzene rings is 1. The fraction of sp³-hybridized carbons (Fsp3) is 0.357. The zero-order valence-electron chi connectivity index (χ0n) is 11.2. The molecule has 0 saturated carbocycles. The van der Waals surface area contributed by atoms with Crippen molar-refractivity contribution in [3.8, 4) is 5.75 Å². The largest absolute Gasteiger partial charge is 0.496 e. The highest BCUT2D eigenvalue weighted by molar-refractivity contribution is 5.97. The van der Waals surface area contributed by atoms with Crippen molar-refractivity contribution >= 4 is 16.6 Å². The van der Waals surface area contributed by atoms with Crippen LogP contribution in [0.2, 0.25) is 0 Å². The summed E-state index contributed by atoms with van der Waals surface area (Å²) >= 11 is 0. The van der Waals surface area contributed by atoms with Crippen LogP contribution in [0.5, 0.6) is 5.75 Å². The average Bonchev–Trinajstić information content (AvgIpc) is 2.45. The summed E-state index contributed by atoms with van der Waals surface area (Å²) in [7, 11) is 1.40. The van der Waals surface area contributed by atoms with Gasteiger partial charge in [-0.3, -0.25) is 4.79 Å². The maximum atomic E-state index is 12.9. The van der Waals surface area contributed by atoms with Crippen LogP contribution in [0.15, 0.2) is 16.9 Å². The molecule has 0 spiro atoms. The number of aromatic amines is 1. The molecule has 2 heterocycles. The van der Waals surface area contributed by atoms with Gasteiger partial charge in [-0.2, -0.15) is 13.2 Å². The van der Waals surface area contributed by atoms with Crippen LogP contribution in [0.1, 0.15) is 17.7 Å². The number of nitrogens with one attached hydrogen (secondary N) is 2. The van der Waals surface area contributed by atoms with Crippen molar-refractivity contribution in [1.29, 1.82) is 0 Å². The molecule has 0 fully saturated rings. The third-order valence-corrected chi connectivity index (χ3v) is 3.60. The number of alkyl halides is 3. The van der Waals surface area contributed by atoms with Gasteiger partial charge < -0.3 is 15.0 Å². The molecule has 0 radical (unpaired) electrons. The first-order valence-corrected chi connectivity index (χ1v) is 6.50. The van der Waals surface area contributed by atoms with Crippen molar-refractivity contribution in [2.75, 3.05) is 19.0 Å². The number of fused-ring (bicyclic) bond motifs is 3. The van der Waals surface area contributed by atoms with Crippen molar-refractivity contribution in [2.24, 2.45) is 0 Å². The molecule has 0 aliphatic carbocycles. The highest BCUT2D eigenvalue weighted by Crippen LogP contribution is 2.36. The predicted octanol–water partition coefficient (Wildman–Crippen LogP) is 2.91. The lowest BCUT2D eigenvalue weighted by Crippen LogP contribution is -2.18. The van der Waals surface area contributed by atoms with Crippen LogP contribution in [-0.4, -0.2) is 18.6 Å². The Kier molecular flexibility index (Phi) is 3.07. The number of aromatic nitrogens is 1. The van der Waals surface area contributed by atoms with E-state index in [2.05, 4.69) is 10.3 Å². The number of H-pyrrole nitrogens is 1. The summed E-state index contributed by atoms with van der Waals surface area (Å²) in [5.74, 6) is 0.294. The molecule has 21 heavy (non-hydrogen) atoms. The Morgan fingerprint density at radius 2 is 2.05 bits per heavy atom. The summed E-state index contributed by atoms with van der Waals surface area (Å²) in [5, 5.41) is 3.21. The second-order valence-electron chi connectivity index (χ2n) is 4.94. The molecule has 4 nitrogen and oxygen atoms in total. The first kappa shape index (κ1) is 13.8. The van der Waals surface area contributed by atoms with E-state index in [4.69, 9.17) is 4.74 Å². The van der Waals surface area contributed by atoms with E-state index in [9.17, 15) is 18.0 Å². The number of ether oxygens (including phenoxy) is 1. The van der Waals surface area contributed by atoms with E-state index in [-0.39, 0.29) is 10.9 Å². The third-order valence-electron chi connectivity index (χ3n) is 3.60. The van der Waals surface area contributed by atoms with Gasteiger partial charge in [-0.25, -0.2) is 0 Å². The average molecular weight is 298 g/mol. The monoisotopic (exact) mass is 298 g/mol. The van der Waals surface area contributed by atoms with Gasteiger partial charge in [0.1, 0.15) is 11.4 Å². The van der Waals surface area contributed by atoms with E-state index in [0.29, 0.717) is 24.0 Å². The molecule has 1 aliphatic heterocycles. The smallest absolute Gasteiger partial charge is 0.431 e. The molecule has 112 valence electrons. The minimum Gasteiger partial charge on any atom is -0.496 e. The fourth-order valence-corrected chi connectivity index (χ4v) is 2.66. The van der Waals surface area contributed by atoms with Crippen LogP contribution in [0, 0.1) is 0 Å². The van der Waals surface area contributed by atoms with E-state index < -0.39 is 17.3 Å². The number of rotatable bonds is 1. The fourth-order valence-electron chi connectivity index (χ4n) is 2.66. The predicted molar refractivity (Wildman–Crippen MR) is 72.9 cm³/mol. The Morgan fingerprint density at radius 3 is 2.71 bits per heavy atom. The van der Waals surface area contributed by atoms with Gasteiger partial charge in [0.25, 0.3) is 0 Å². The zero-order valence-corrected chi connectivity index (χ0v) is 11.2. The summed E-state index contributed by atoms with van der Waals surface area (Å²) in [4.78, 5) is 14.4. The number of hydrogen-bond acceptors (Lipinski definition) is 3. The maximum absolute atomic E-state index is 12.9. The van der Waals surface area contributed by atoms with E-state index in [1.807, 2.05) is 0 Å². The standard InChI is InChI=1S/C14H13F3N2O2/c1-21-9-5-7-3-2-4-18-12(7)13-11(9)8(20)6-10(19-13)14(15,16)17/h5-6,18H,2-4H2,1H3,(H,19,20). The Labute approximate surface area is 117 Å². The van der Waals surface area contributed by atoms with E-state index in [0.717, 1.165) is 18.4 Å². The quantitative estimate of drug-likeness (QED) is 0.851. The van der Waals surface area contributed by atoms with Gasteiger partial charge in [0.2, 0.25) is 0 Å². The van der Waals surface area contributed by atoms with Crippen LogP contribution < -0.4 is 15.5 Å². The van der Waals surface area contributed by atoms with Gasteiger partial charge in [0, 0.05) is 12.6 Å². The van der Waals surface area contributed by atoms with Gasteiger partial charge in [0.15, 0.2) is 5.43 Å². The van der Waals surface area contributed by atoms with Gasteiger partial charge >= 0.3 is 6.18 Å². The number of hydrogen-bond donors (Lipinski definition) is 2. The van der Waals surface area contributed by atoms with Gasteiger partial charge in [-0.1, -0.05) is 0 Å². The number of pyridine rings is 1. The molecule has 0 unspecified atom stereocenters. The van der Waals surface area contributed by atoms with Crippen molar-refractivity contribution in [3.05, 3.63) is 33.6 Å². The lowest BCUT2D eigenvalue weighted by molar-refractivity contribution is -0.141. The Bertz CT molecular complexity index is 765. The molecule has 0 saturated heterocycles. The molecule has 2 aromatic rings. The molecule has 0 amide bonds. The highest BCUT2D eigenvalue weighted by atomic mass is 19.4. The SMILES string of the molecule is COc1cc2c(c3[nH]c(C(F)(F)F)cc(=O)c13)NCCC2. The number of methoxy groups -OCH3 is 1. The number of anilines is 1. The molecular weight excluding hydrogens is 285 g/mol. The Hall–Kier alpha value is -2.18. The topological polar surface area (TPSA) is 54.1 Å². The van der Waals surface area contributed by atoms with E-state index in [1.165, 1.54) is 7.11 Å². The Morgan fingerprint density at radius 1 is 1.29 bits per heavy atom. The van der Waals surface area contributed by atoms with Gasteiger partial charge in [-0.15, -0.1) is 0 Å². The highest BCUT2D eigenvalue weighted by Gasteiger charge is 2.33. The van der Waals surface area contributed by atoms with Crippen LogP contribution in [0.4, 0.5) is 18.9 Å². The number of aryl methyl sites for hydroxylation is 1. The van der Waals surface area contributed by atoms with Gasteiger partial charge in [0.05, 0.1) is 23.7 Å².